The van der Waals surface area contributed by atoms with Gasteiger partial charge in [0.1, 0.15) is 5.03 Å². The van der Waals surface area contributed by atoms with Crippen LogP contribution in [0.4, 0.5) is 5.69 Å². The molecule has 7 heteroatoms. The first-order chi connectivity index (χ1) is 9.79. The van der Waals surface area contributed by atoms with Gasteiger partial charge in [0.15, 0.2) is 10.3 Å². The highest BCUT2D eigenvalue weighted by Gasteiger charge is 2.21. The van der Waals surface area contributed by atoms with Gasteiger partial charge in [-0.15, -0.1) is 0 Å². The Morgan fingerprint density at radius 3 is 2.65 bits per heavy atom. The van der Waals surface area contributed by atoms with E-state index >= 15 is 0 Å². The van der Waals surface area contributed by atoms with Crippen molar-refractivity contribution < 1.29 is 0 Å². The average Bonchev–Trinajstić information content (AvgIpc) is 3.26. The minimum atomic E-state index is 0.549. The van der Waals surface area contributed by atoms with Crippen molar-refractivity contribution in [2.45, 2.75) is 29.1 Å². The molecule has 2 aromatic heterocycles. The van der Waals surface area contributed by atoms with Crippen LogP contribution >= 0.6 is 24.0 Å². The third kappa shape index (κ3) is 3.88. The summed E-state index contributed by atoms with van der Waals surface area (Å²) in [5, 5.41) is 8.54. The molecule has 0 atom stereocenters. The van der Waals surface area contributed by atoms with Crippen molar-refractivity contribution in [3.05, 3.63) is 36.8 Å². The molecule has 0 aliphatic heterocycles. The SMILES string of the molecule is S=C(Nc1ccc(Sc2ncccn2)nc1)NC1CC1. The fourth-order valence-corrected chi connectivity index (χ4v) is 2.47. The first kappa shape index (κ1) is 13.3. The first-order valence-electron chi connectivity index (χ1n) is 6.28. The molecule has 0 amide bonds. The summed E-state index contributed by atoms with van der Waals surface area (Å²) < 4.78 is 0. The van der Waals surface area contributed by atoms with Crippen LogP contribution in [-0.2, 0) is 0 Å². The summed E-state index contributed by atoms with van der Waals surface area (Å²) in [7, 11) is 0. The van der Waals surface area contributed by atoms with Crippen molar-refractivity contribution in [3.63, 3.8) is 0 Å². The second-order valence-electron chi connectivity index (χ2n) is 4.39. The van der Waals surface area contributed by atoms with E-state index in [2.05, 4.69) is 25.6 Å². The van der Waals surface area contributed by atoms with Crippen LogP contribution in [-0.4, -0.2) is 26.1 Å². The molecule has 20 heavy (non-hydrogen) atoms. The van der Waals surface area contributed by atoms with Gasteiger partial charge in [-0.2, -0.15) is 0 Å². The van der Waals surface area contributed by atoms with E-state index in [1.807, 2.05) is 12.1 Å². The fraction of sp³-hybridized carbons (Fsp3) is 0.231. The van der Waals surface area contributed by atoms with Crippen molar-refractivity contribution >= 4 is 34.8 Å². The molecule has 2 N–H and O–H groups in total. The zero-order valence-corrected chi connectivity index (χ0v) is 12.2. The van der Waals surface area contributed by atoms with E-state index in [0.717, 1.165) is 10.7 Å². The number of aromatic nitrogens is 3. The molecule has 2 heterocycles. The number of nitrogens with zero attached hydrogens (tertiary/aromatic N) is 3. The summed E-state index contributed by atoms with van der Waals surface area (Å²) in [6, 6.07) is 6.20. The van der Waals surface area contributed by atoms with E-state index in [4.69, 9.17) is 12.2 Å². The number of nitrogens with one attached hydrogen (secondary N) is 2. The molecule has 1 saturated carbocycles. The van der Waals surface area contributed by atoms with Crippen LogP contribution < -0.4 is 10.6 Å². The van der Waals surface area contributed by atoms with Crippen LogP contribution in [0.15, 0.2) is 47.0 Å². The number of thiocarbonyl (C=S) groups is 1. The summed E-state index contributed by atoms with van der Waals surface area (Å²) in [6.07, 6.45) is 7.59. The molecular formula is C13H13N5S2. The zero-order valence-electron chi connectivity index (χ0n) is 10.6. The number of hydrogen-bond acceptors (Lipinski definition) is 5. The van der Waals surface area contributed by atoms with Gasteiger partial charge >= 0.3 is 0 Å². The van der Waals surface area contributed by atoms with Crippen LogP contribution in [0.1, 0.15) is 12.8 Å². The number of anilines is 1. The molecule has 0 saturated heterocycles. The Bertz CT molecular complexity index is 583. The Hall–Kier alpha value is -1.73. The molecular weight excluding hydrogens is 290 g/mol. The number of hydrogen-bond donors (Lipinski definition) is 2. The zero-order chi connectivity index (χ0) is 13.8. The second-order valence-corrected chi connectivity index (χ2v) is 5.79. The maximum Gasteiger partial charge on any atom is 0.193 e. The predicted molar refractivity (Wildman–Crippen MR) is 82.8 cm³/mol. The standard InChI is InChI=1S/C13H13N5S2/c19-12(17-9-2-3-9)18-10-4-5-11(16-8-10)20-13-14-6-1-7-15-13/h1,4-9H,2-3H2,(H2,17,18,19). The molecule has 5 nitrogen and oxygen atoms in total. The Morgan fingerprint density at radius 2 is 2.00 bits per heavy atom. The lowest BCUT2D eigenvalue weighted by Gasteiger charge is -2.09. The quantitative estimate of drug-likeness (QED) is 0.664. The normalized spacial score (nSPS) is 13.8. The lowest BCUT2D eigenvalue weighted by atomic mass is 10.4. The van der Waals surface area contributed by atoms with Gasteiger partial charge in [0.05, 0.1) is 11.9 Å². The van der Waals surface area contributed by atoms with E-state index in [0.29, 0.717) is 16.3 Å². The average molecular weight is 303 g/mol. The Balaban J connectivity index is 1.57. The second kappa shape index (κ2) is 6.15. The minimum Gasteiger partial charge on any atom is -0.360 e. The molecule has 1 aliphatic rings. The summed E-state index contributed by atoms with van der Waals surface area (Å²) in [5.74, 6) is 0. The molecule has 0 unspecified atom stereocenters. The van der Waals surface area contributed by atoms with Gasteiger partial charge in [-0.25, -0.2) is 15.0 Å². The van der Waals surface area contributed by atoms with E-state index in [1.165, 1.54) is 24.6 Å². The number of pyridine rings is 1. The smallest absolute Gasteiger partial charge is 0.193 e. The fourth-order valence-electron chi connectivity index (χ4n) is 1.53. The van der Waals surface area contributed by atoms with Crippen molar-refractivity contribution in [3.8, 4) is 0 Å². The van der Waals surface area contributed by atoms with Gasteiger partial charge in [-0.3, -0.25) is 0 Å². The van der Waals surface area contributed by atoms with E-state index in [1.54, 1.807) is 24.7 Å². The predicted octanol–water partition coefficient (Wildman–Crippen LogP) is 2.47. The Labute approximate surface area is 126 Å². The highest BCUT2D eigenvalue weighted by Crippen LogP contribution is 2.23. The Morgan fingerprint density at radius 1 is 1.20 bits per heavy atom. The van der Waals surface area contributed by atoms with Gasteiger partial charge in [-0.05, 0) is 55.0 Å². The van der Waals surface area contributed by atoms with Gasteiger partial charge in [0.2, 0.25) is 0 Å². The van der Waals surface area contributed by atoms with Crippen molar-refractivity contribution in [1.82, 2.24) is 20.3 Å². The summed E-state index contributed by atoms with van der Waals surface area (Å²) in [6.45, 7) is 0. The molecule has 1 aliphatic carbocycles. The molecule has 0 spiro atoms. The van der Waals surface area contributed by atoms with Gasteiger partial charge < -0.3 is 10.6 Å². The van der Waals surface area contributed by atoms with Crippen molar-refractivity contribution in [1.29, 1.82) is 0 Å². The van der Waals surface area contributed by atoms with Crippen molar-refractivity contribution in [2.75, 3.05) is 5.32 Å². The molecule has 3 rings (SSSR count). The molecule has 0 aromatic carbocycles. The third-order valence-corrected chi connectivity index (χ3v) is 3.71. The summed E-state index contributed by atoms with van der Waals surface area (Å²) in [5.41, 5.74) is 0.876. The third-order valence-electron chi connectivity index (χ3n) is 2.64. The number of rotatable bonds is 4. The van der Waals surface area contributed by atoms with E-state index in [-0.39, 0.29) is 0 Å². The van der Waals surface area contributed by atoms with Gasteiger partial charge in [0.25, 0.3) is 0 Å². The van der Waals surface area contributed by atoms with Crippen molar-refractivity contribution in [2.24, 2.45) is 0 Å². The monoisotopic (exact) mass is 303 g/mol. The highest BCUT2D eigenvalue weighted by molar-refractivity contribution is 7.99. The van der Waals surface area contributed by atoms with E-state index < -0.39 is 0 Å². The highest BCUT2D eigenvalue weighted by atomic mass is 32.2. The lowest BCUT2D eigenvalue weighted by Crippen LogP contribution is -2.30. The topological polar surface area (TPSA) is 62.7 Å². The molecule has 102 valence electrons. The lowest BCUT2D eigenvalue weighted by molar-refractivity contribution is 0.918. The minimum absolute atomic E-state index is 0.549. The van der Waals surface area contributed by atoms with Gasteiger partial charge in [0, 0.05) is 18.4 Å². The van der Waals surface area contributed by atoms with Gasteiger partial charge in [-0.1, -0.05) is 0 Å². The van der Waals surface area contributed by atoms with E-state index in [9.17, 15) is 0 Å². The van der Waals surface area contributed by atoms with Crippen LogP contribution in [0.25, 0.3) is 0 Å². The van der Waals surface area contributed by atoms with Crippen LogP contribution in [0.5, 0.6) is 0 Å². The molecule has 0 bridgehead atoms. The molecule has 1 fully saturated rings. The first-order valence-corrected chi connectivity index (χ1v) is 7.50. The van der Waals surface area contributed by atoms with Crippen LogP contribution in [0.3, 0.4) is 0 Å². The molecule has 2 aromatic rings. The summed E-state index contributed by atoms with van der Waals surface area (Å²) in [4.78, 5) is 12.7. The maximum absolute atomic E-state index is 5.21. The largest absolute Gasteiger partial charge is 0.360 e. The Kier molecular flexibility index (Phi) is 4.08. The van der Waals surface area contributed by atoms with Crippen LogP contribution in [0.2, 0.25) is 0 Å². The maximum atomic E-state index is 5.21. The van der Waals surface area contributed by atoms with Crippen LogP contribution in [0, 0.1) is 0 Å². The summed E-state index contributed by atoms with van der Waals surface area (Å²) >= 11 is 6.64. The molecule has 0 radical (unpaired) electrons.